The minimum atomic E-state index is -1.65. The lowest BCUT2D eigenvalue weighted by atomic mass is 10.2. The van der Waals surface area contributed by atoms with Gasteiger partial charge in [-0.1, -0.05) is 20.8 Å². The van der Waals surface area contributed by atoms with Gasteiger partial charge in [-0.25, -0.2) is 4.79 Å². The minimum absolute atomic E-state index is 0.163. The summed E-state index contributed by atoms with van der Waals surface area (Å²) >= 11 is 0. The lowest BCUT2D eigenvalue weighted by Crippen LogP contribution is -2.42. The Hall–Kier alpha value is -0.553. The normalized spacial score (nSPS) is 28.5. The van der Waals surface area contributed by atoms with E-state index in [0.717, 1.165) is 19.7 Å². The van der Waals surface area contributed by atoms with E-state index in [1.807, 2.05) is 25.7 Å². The molecule has 2 rings (SSSR count). The highest BCUT2D eigenvalue weighted by Gasteiger charge is 2.57. The van der Waals surface area contributed by atoms with Gasteiger partial charge in [0.15, 0.2) is 8.32 Å². The summed E-state index contributed by atoms with van der Waals surface area (Å²) < 4.78 is 11.8. The average Bonchev–Trinajstić information content (AvgIpc) is 2.76. The van der Waals surface area contributed by atoms with Gasteiger partial charge in [-0.15, -0.1) is 0 Å². The van der Waals surface area contributed by atoms with Crippen LogP contribution in [0, 0.1) is 17.8 Å². The molecule has 4 nitrogen and oxygen atoms in total. The van der Waals surface area contributed by atoms with Crippen LogP contribution < -0.4 is 0 Å². The smallest absolute Gasteiger partial charge is 0.410 e. The molecule has 128 valence electrons. The van der Waals surface area contributed by atoms with Crippen LogP contribution >= 0.6 is 0 Å². The fraction of sp³-hybridized carbons (Fsp3) is 0.941. The van der Waals surface area contributed by atoms with Crippen molar-refractivity contribution in [3.05, 3.63) is 0 Å². The fourth-order valence-corrected chi connectivity index (χ4v) is 3.94. The number of ether oxygens (including phenoxy) is 1. The molecular formula is C17H33NO3Si. The zero-order valence-corrected chi connectivity index (χ0v) is 16.5. The van der Waals surface area contributed by atoms with E-state index in [1.54, 1.807) is 0 Å². The maximum Gasteiger partial charge on any atom is 0.410 e. The summed E-state index contributed by atoms with van der Waals surface area (Å²) in [6, 6.07) is 0. The van der Waals surface area contributed by atoms with Crippen LogP contribution in [-0.2, 0) is 9.16 Å². The van der Waals surface area contributed by atoms with Gasteiger partial charge in [0, 0.05) is 19.7 Å². The predicted molar refractivity (Wildman–Crippen MR) is 91.4 cm³/mol. The Bertz CT molecular complexity index is 424. The van der Waals surface area contributed by atoms with E-state index in [0.29, 0.717) is 17.8 Å². The van der Waals surface area contributed by atoms with Crippen molar-refractivity contribution in [3.63, 3.8) is 0 Å². The number of hydrogen-bond acceptors (Lipinski definition) is 3. The first-order valence-corrected chi connectivity index (χ1v) is 11.3. The standard InChI is InChI=1S/C17H33NO3Si/c1-16(2,3)21-15(19)18-9-12-13(10-18)14(12)11-20-22(7,8)17(4,5)6/h12-14H,9-11H2,1-8H3. The molecule has 0 radical (unpaired) electrons. The van der Waals surface area contributed by atoms with Gasteiger partial charge in [-0.05, 0) is 56.7 Å². The van der Waals surface area contributed by atoms with Gasteiger partial charge in [-0.3, -0.25) is 0 Å². The van der Waals surface area contributed by atoms with Crippen LogP contribution in [-0.4, -0.2) is 44.6 Å². The van der Waals surface area contributed by atoms with E-state index in [-0.39, 0.29) is 11.1 Å². The van der Waals surface area contributed by atoms with Crippen molar-refractivity contribution >= 4 is 14.4 Å². The van der Waals surface area contributed by atoms with Gasteiger partial charge in [0.25, 0.3) is 0 Å². The summed E-state index contributed by atoms with van der Waals surface area (Å²) in [6.45, 7) is 19.7. The van der Waals surface area contributed by atoms with Gasteiger partial charge in [0.2, 0.25) is 0 Å². The quantitative estimate of drug-likeness (QED) is 0.732. The summed E-state index contributed by atoms with van der Waals surface area (Å²) in [5.74, 6) is 1.89. The number of carbonyl (C=O) groups excluding carboxylic acids is 1. The highest BCUT2D eigenvalue weighted by Crippen LogP contribution is 2.52. The number of nitrogens with zero attached hydrogens (tertiary/aromatic N) is 1. The Morgan fingerprint density at radius 1 is 1.09 bits per heavy atom. The van der Waals surface area contributed by atoms with E-state index in [1.165, 1.54) is 0 Å². The van der Waals surface area contributed by atoms with Crippen molar-refractivity contribution in [1.29, 1.82) is 0 Å². The molecule has 2 fully saturated rings. The Morgan fingerprint density at radius 3 is 2.00 bits per heavy atom. The van der Waals surface area contributed by atoms with Crippen molar-refractivity contribution in [3.8, 4) is 0 Å². The Morgan fingerprint density at radius 2 is 1.59 bits per heavy atom. The summed E-state index contributed by atoms with van der Waals surface area (Å²) in [5.41, 5.74) is -0.408. The average molecular weight is 328 g/mol. The largest absolute Gasteiger partial charge is 0.444 e. The second-order valence-corrected chi connectivity index (χ2v) is 14.3. The molecule has 5 heteroatoms. The zero-order chi connectivity index (χ0) is 16.9. The molecule has 0 N–H and O–H groups in total. The van der Waals surface area contributed by atoms with Gasteiger partial charge in [0.05, 0.1) is 0 Å². The topological polar surface area (TPSA) is 38.8 Å². The first-order valence-electron chi connectivity index (χ1n) is 8.44. The summed E-state index contributed by atoms with van der Waals surface area (Å²) in [7, 11) is -1.65. The molecule has 1 aliphatic heterocycles. The van der Waals surface area contributed by atoms with Crippen LogP contribution in [0.25, 0.3) is 0 Å². The first-order chi connectivity index (χ1) is 9.82. The van der Waals surface area contributed by atoms with Crippen LogP contribution in [0.1, 0.15) is 41.5 Å². The van der Waals surface area contributed by atoms with Crippen molar-refractivity contribution in [1.82, 2.24) is 4.90 Å². The van der Waals surface area contributed by atoms with Gasteiger partial charge in [-0.2, -0.15) is 0 Å². The highest BCUT2D eigenvalue weighted by atomic mass is 28.4. The molecule has 1 heterocycles. The molecule has 1 saturated heterocycles. The third-order valence-corrected chi connectivity index (χ3v) is 9.97. The number of piperidine rings is 1. The molecule has 1 amide bonds. The van der Waals surface area contributed by atoms with Gasteiger partial charge in [0.1, 0.15) is 5.60 Å². The van der Waals surface area contributed by atoms with Crippen LogP contribution in [0.5, 0.6) is 0 Å². The molecule has 0 aromatic heterocycles. The molecule has 1 aliphatic carbocycles. The number of carbonyl (C=O) groups is 1. The van der Waals surface area contributed by atoms with Crippen LogP contribution in [0.4, 0.5) is 4.79 Å². The molecule has 2 aliphatic rings. The number of amides is 1. The van der Waals surface area contributed by atoms with Gasteiger partial charge < -0.3 is 14.1 Å². The molecule has 0 bridgehead atoms. The molecule has 2 unspecified atom stereocenters. The van der Waals surface area contributed by atoms with Crippen LogP contribution in [0.2, 0.25) is 18.1 Å². The minimum Gasteiger partial charge on any atom is -0.444 e. The van der Waals surface area contributed by atoms with E-state index in [9.17, 15) is 4.79 Å². The lowest BCUT2D eigenvalue weighted by molar-refractivity contribution is 0.0260. The van der Waals surface area contributed by atoms with E-state index < -0.39 is 13.9 Å². The Labute approximate surface area is 136 Å². The number of fused-ring (bicyclic) bond motifs is 1. The zero-order valence-electron chi connectivity index (χ0n) is 15.5. The lowest BCUT2D eigenvalue weighted by Gasteiger charge is -2.36. The number of hydrogen-bond donors (Lipinski definition) is 0. The Kier molecular flexibility index (Phi) is 4.46. The Balaban J connectivity index is 1.76. The van der Waals surface area contributed by atoms with Crippen LogP contribution in [0.15, 0.2) is 0 Å². The third-order valence-electron chi connectivity index (χ3n) is 5.47. The molecule has 0 aromatic carbocycles. The molecule has 2 atom stereocenters. The van der Waals surface area contributed by atoms with Crippen molar-refractivity contribution in [2.45, 2.75) is 65.3 Å². The number of likely N-dealkylation sites (tertiary alicyclic amines) is 1. The van der Waals surface area contributed by atoms with E-state index in [4.69, 9.17) is 9.16 Å². The monoisotopic (exact) mass is 327 g/mol. The summed E-state index contributed by atoms with van der Waals surface area (Å²) in [4.78, 5) is 13.9. The maximum atomic E-state index is 12.1. The highest BCUT2D eigenvalue weighted by molar-refractivity contribution is 6.74. The van der Waals surface area contributed by atoms with Crippen molar-refractivity contribution in [2.24, 2.45) is 17.8 Å². The first kappa shape index (κ1) is 17.8. The maximum absolute atomic E-state index is 12.1. The third kappa shape index (κ3) is 3.85. The van der Waals surface area contributed by atoms with E-state index in [2.05, 4.69) is 33.9 Å². The second-order valence-electron chi connectivity index (χ2n) is 9.45. The summed E-state index contributed by atoms with van der Waals surface area (Å²) in [5, 5.41) is 0.263. The summed E-state index contributed by atoms with van der Waals surface area (Å²) in [6.07, 6.45) is -0.163. The van der Waals surface area contributed by atoms with Gasteiger partial charge >= 0.3 is 6.09 Å². The second kappa shape index (κ2) is 5.51. The SMILES string of the molecule is CC(C)(C)OC(=O)N1CC2C(CO[Si](C)(C)C(C)(C)C)C2C1. The van der Waals surface area contributed by atoms with Crippen molar-refractivity contribution < 1.29 is 14.0 Å². The van der Waals surface area contributed by atoms with Crippen molar-refractivity contribution in [2.75, 3.05) is 19.7 Å². The molecular weight excluding hydrogens is 294 g/mol. The number of rotatable bonds is 3. The molecule has 1 saturated carbocycles. The molecule has 0 spiro atoms. The van der Waals surface area contributed by atoms with E-state index >= 15 is 0 Å². The predicted octanol–water partition coefficient (Wildman–Crippen LogP) is 4.12. The fourth-order valence-electron chi connectivity index (χ4n) is 2.89. The van der Waals surface area contributed by atoms with Crippen LogP contribution in [0.3, 0.4) is 0 Å². The molecule has 0 aromatic rings. The molecule has 22 heavy (non-hydrogen) atoms.